The number of hydrogen-bond donors (Lipinski definition) is 2. The van der Waals surface area contributed by atoms with Crippen molar-refractivity contribution in [1.82, 2.24) is 14.3 Å². The maximum atomic E-state index is 13.8. The summed E-state index contributed by atoms with van der Waals surface area (Å²) in [5, 5.41) is 9.04. The molecule has 2 N–H and O–H groups in total. The van der Waals surface area contributed by atoms with Crippen LogP contribution < -0.4 is 10.6 Å². The van der Waals surface area contributed by atoms with E-state index in [2.05, 4.69) is 58.7 Å². The number of pyridine rings is 2. The van der Waals surface area contributed by atoms with Crippen molar-refractivity contribution in [2.24, 2.45) is 0 Å². The molecule has 0 radical (unpaired) electrons. The van der Waals surface area contributed by atoms with Gasteiger partial charge in [-0.3, -0.25) is 9.97 Å². The molecule has 7 nitrogen and oxygen atoms in total. The second-order valence-corrected chi connectivity index (χ2v) is 12.7. The van der Waals surface area contributed by atoms with Gasteiger partial charge in [-0.2, -0.15) is 4.31 Å². The van der Waals surface area contributed by atoms with Crippen LogP contribution in [-0.4, -0.2) is 48.9 Å². The summed E-state index contributed by atoms with van der Waals surface area (Å²) in [6, 6.07) is 23.4. The van der Waals surface area contributed by atoms with Gasteiger partial charge in [0, 0.05) is 59.7 Å². The summed E-state index contributed by atoms with van der Waals surface area (Å²) >= 11 is 0. The highest BCUT2D eigenvalue weighted by atomic mass is 32.2. The summed E-state index contributed by atoms with van der Waals surface area (Å²) in [6.45, 7) is 11.5. The van der Waals surface area contributed by atoms with Crippen molar-refractivity contribution in [3.8, 4) is 0 Å². The Labute approximate surface area is 242 Å². The Hall–Kier alpha value is -4.01. The van der Waals surface area contributed by atoms with Gasteiger partial charge in [-0.15, -0.1) is 0 Å². The molecule has 0 bridgehead atoms. The van der Waals surface area contributed by atoms with Gasteiger partial charge in [0.05, 0.1) is 15.9 Å². The lowest BCUT2D eigenvalue weighted by Crippen LogP contribution is -2.38. The molecule has 0 aliphatic heterocycles. The van der Waals surface area contributed by atoms with Gasteiger partial charge in [-0.25, -0.2) is 8.42 Å². The molecule has 0 saturated carbocycles. The highest BCUT2D eigenvalue weighted by molar-refractivity contribution is 7.89. The molecule has 2 aromatic heterocycles. The molecule has 0 atom stereocenters. The summed E-state index contributed by atoms with van der Waals surface area (Å²) in [5.41, 5.74) is 8.88. The van der Waals surface area contributed by atoms with Gasteiger partial charge in [-0.1, -0.05) is 41.0 Å². The molecule has 3 aromatic carbocycles. The predicted octanol–water partition coefficient (Wildman–Crippen LogP) is 6.54. The summed E-state index contributed by atoms with van der Waals surface area (Å²) in [7, 11) is -3.71. The molecule has 0 aliphatic carbocycles. The van der Waals surface area contributed by atoms with Crippen LogP contribution in [0.3, 0.4) is 0 Å². The van der Waals surface area contributed by atoms with Crippen LogP contribution >= 0.6 is 0 Å². The second kappa shape index (κ2) is 11.8. The highest BCUT2D eigenvalue weighted by Crippen LogP contribution is 2.26. The van der Waals surface area contributed by atoms with Crippen LogP contribution in [-0.2, 0) is 10.0 Å². The fourth-order valence-corrected chi connectivity index (χ4v) is 6.52. The van der Waals surface area contributed by atoms with Crippen LogP contribution in [0, 0.1) is 34.6 Å². The van der Waals surface area contributed by atoms with Gasteiger partial charge < -0.3 is 10.6 Å². The second-order valence-electron chi connectivity index (χ2n) is 10.7. The van der Waals surface area contributed by atoms with Crippen LogP contribution in [0.4, 0.5) is 11.4 Å². The number of rotatable bonds is 10. The quantitative estimate of drug-likeness (QED) is 0.199. The normalized spacial score (nSPS) is 11.9. The SMILES string of the molecule is Cc1ccc(S(=O)(=O)N(CCNc2cc(C)nc3ccc(C)cc23)CCNc2cc(C)nc3ccc(C)cc23)cc1. The number of nitrogens with zero attached hydrogens (tertiary/aromatic N) is 3. The lowest BCUT2D eigenvalue weighted by Gasteiger charge is -2.24. The maximum absolute atomic E-state index is 13.8. The van der Waals surface area contributed by atoms with Gasteiger partial charge in [0.25, 0.3) is 0 Å². The minimum atomic E-state index is -3.71. The Morgan fingerprint density at radius 3 is 1.51 bits per heavy atom. The average molecular weight is 568 g/mol. The number of anilines is 2. The highest BCUT2D eigenvalue weighted by Gasteiger charge is 2.24. The number of aromatic nitrogens is 2. The lowest BCUT2D eigenvalue weighted by molar-refractivity contribution is 0.433. The van der Waals surface area contributed by atoms with Gasteiger partial charge in [0.2, 0.25) is 10.0 Å². The molecule has 0 spiro atoms. The van der Waals surface area contributed by atoms with Crippen molar-refractivity contribution >= 4 is 43.2 Å². The third kappa shape index (κ3) is 6.50. The Morgan fingerprint density at radius 2 is 1.05 bits per heavy atom. The summed E-state index contributed by atoms with van der Waals surface area (Å²) < 4.78 is 29.2. The minimum Gasteiger partial charge on any atom is -0.383 e. The van der Waals surface area contributed by atoms with E-state index in [4.69, 9.17) is 0 Å². The van der Waals surface area contributed by atoms with E-state index in [9.17, 15) is 8.42 Å². The number of sulfonamides is 1. The van der Waals surface area contributed by atoms with Crippen LogP contribution in [0.15, 0.2) is 77.7 Å². The Morgan fingerprint density at radius 1 is 0.610 bits per heavy atom. The molecule has 5 aromatic rings. The topological polar surface area (TPSA) is 87.2 Å². The van der Waals surface area contributed by atoms with Gasteiger partial charge in [0.15, 0.2) is 0 Å². The molecule has 41 heavy (non-hydrogen) atoms. The van der Waals surface area contributed by atoms with Crippen molar-refractivity contribution in [1.29, 1.82) is 0 Å². The molecular formula is C33H37N5O2S. The summed E-state index contributed by atoms with van der Waals surface area (Å²) in [4.78, 5) is 9.60. The van der Waals surface area contributed by atoms with Crippen molar-refractivity contribution in [2.75, 3.05) is 36.8 Å². The molecule has 8 heteroatoms. The fraction of sp³-hybridized carbons (Fsp3) is 0.273. The number of fused-ring (bicyclic) bond motifs is 2. The zero-order valence-corrected chi connectivity index (χ0v) is 25.1. The first-order valence-electron chi connectivity index (χ1n) is 13.9. The Bertz CT molecular complexity index is 1720. The van der Waals surface area contributed by atoms with Crippen molar-refractivity contribution < 1.29 is 8.42 Å². The van der Waals surface area contributed by atoms with Crippen molar-refractivity contribution in [3.05, 3.63) is 101 Å². The average Bonchev–Trinajstić information content (AvgIpc) is 2.93. The van der Waals surface area contributed by atoms with E-state index < -0.39 is 10.0 Å². The number of nitrogens with one attached hydrogen (secondary N) is 2. The molecule has 0 amide bonds. The maximum Gasteiger partial charge on any atom is 0.243 e. The molecule has 0 unspecified atom stereocenters. The van der Waals surface area contributed by atoms with E-state index in [-0.39, 0.29) is 0 Å². The monoisotopic (exact) mass is 567 g/mol. The van der Waals surface area contributed by atoms with E-state index in [0.717, 1.165) is 61.3 Å². The first-order chi connectivity index (χ1) is 19.6. The summed E-state index contributed by atoms with van der Waals surface area (Å²) in [5.74, 6) is 0. The van der Waals surface area contributed by atoms with Crippen LogP contribution in [0.5, 0.6) is 0 Å². The van der Waals surface area contributed by atoms with E-state index in [0.29, 0.717) is 31.1 Å². The molecule has 5 rings (SSSR count). The third-order valence-electron chi connectivity index (χ3n) is 7.20. The Kier molecular flexibility index (Phi) is 8.24. The smallest absolute Gasteiger partial charge is 0.243 e. The standard InChI is InChI=1S/C33H37N5O2S/c1-22-6-10-27(11-7-22)41(39,40)38(16-14-34-32-20-25(4)36-30-12-8-23(2)18-28(30)32)17-15-35-33-21-26(5)37-31-13-9-24(3)19-29(31)33/h6-13,18-21H,14-17H2,1-5H3,(H,34,36)(H,35,37). The minimum absolute atomic E-state index is 0.296. The fourth-order valence-electron chi connectivity index (χ4n) is 5.08. The van der Waals surface area contributed by atoms with Crippen molar-refractivity contribution in [3.63, 3.8) is 0 Å². The van der Waals surface area contributed by atoms with Gasteiger partial charge >= 0.3 is 0 Å². The van der Waals surface area contributed by atoms with Crippen LogP contribution in [0.1, 0.15) is 28.1 Å². The summed E-state index contributed by atoms with van der Waals surface area (Å²) in [6.07, 6.45) is 0. The zero-order valence-electron chi connectivity index (χ0n) is 24.3. The predicted molar refractivity (Wildman–Crippen MR) is 169 cm³/mol. The number of benzene rings is 3. The molecule has 0 saturated heterocycles. The number of aryl methyl sites for hydroxylation is 5. The largest absolute Gasteiger partial charge is 0.383 e. The molecular weight excluding hydrogens is 530 g/mol. The van der Waals surface area contributed by atoms with Crippen molar-refractivity contribution in [2.45, 2.75) is 39.5 Å². The van der Waals surface area contributed by atoms with E-state index in [1.54, 1.807) is 16.4 Å². The van der Waals surface area contributed by atoms with Crippen LogP contribution in [0.25, 0.3) is 21.8 Å². The molecule has 212 valence electrons. The molecule has 2 heterocycles. The third-order valence-corrected chi connectivity index (χ3v) is 9.11. The zero-order chi connectivity index (χ0) is 29.1. The first-order valence-corrected chi connectivity index (χ1v) is 15.3. The van der Waals surface area contributed by atoms with E-state index in [1.807, 2.05) is 57.2 Å². The van der Waals surface area contributed by atoms with Gasteiger partial charge in [-0.05, 0) is 83.1 Å². The van der Waals surface area contributed by atoms with E-state index in [1.165, 1.54) is 0 Å². The van der Waals surface area contributed by atoms with E-state index >= 15 is 0 Å². The molecule has 0 aliphatic rings. The molecule has 0 fully saturated rings. The lowest BCUT2D eigenvalue weighted by atomic mass is 10.1. The van der Waals surface area contributed by atoms with Crippen LogP contribution in [0.2, 0.25) is 0 Å². The number of hydrogen-bond acceptors (Lipinski definition) is 6. The van der Waals surface area contributed by atoms with Gasteiger partial charge in [0.1, 0.15) is 0 Å². The Balaban J connectivity index is 1.37. The first kappa shape index (κ1) is 28.5.